The summed E-state index contributed by atoms with van der Waals surface area (Å²) in [5.74, 6) is -4.07. The van der Waals surface area contributed by atoms with Crippen LogP contribution in [0.4, 0.5) is 0 Å². The van der Waals surface area contributed by atoms with Gasteiger partial charge >= 0.3 is 17.9 Å². The van der Waals surface area contributed by atoms with Gasteiger partial charge in [-0.25, -0.2) is 9.59 Å². The number of esters is 3. The Kier molecular flexibility index (Phi) is 8.65. The van der Waals surface area contributed by atoms with Crippen molar-refractivity contribution in [2.75, 3.05) is 27.4 Å². The van der Waals surface area contributed by atoms with Gasteiger partial charge in [-0.05, 0) is 33.6 Å². The molecule has 2 rings (SSSR count). The Morgan fingerprint density at radius 1 is 0.935 bits per heavy atom. The molecule has 1 saturated carbocycles. The molecule has 172 valence electrons. The molecule has 1 heterocycles. The fourth-order valence-corrected chi connectivity index (χ4v) is 4.32. The highest BCUT2D eigenvalue weighted by Gasteiger charge is 2.42. The Morgan fingerprint density at radius 2 is 1.45 bits per heavy atom. The lowest BCUT2D eigenvalue weighted by atomic mass is 9.85. The predicted molar refractivity (Wildman–Crippen MR) is 111 cm³/mol. The van der Waals surface area contributed by atoms with E-state index in [9.17, 15) is 19.2 Å². The fourth-order valence-electron chi connectivity index (χ4n) is 4.32. The molecule has 31 heavy (non-hydrogen) atoms. The van der Waals surface area contributed by atoms with Gasteiger partial charge in [0, 0.05) is 24.0 Å². The number of allylic oxidation sites excluding steroid dienone is 2. The molecule has 0 spiro atoms. The van der Waals surface area contributed by atoms with E-state index in [0.29, 0.717) is 17.9 Å². The van der Waals surface area contributed by atoms with Gasteiger partial charge in [0.25, 0.3) is 5.91 Å². The number of nitrogens with zero attached hydrogens (tertiary/aromatic N) is 1. The van der Waals surface area contributed by atoms with Gasteiger partial charge in [0.1, 0.15) is 5.92 Å². The topological polar surface area (TPSA) is 111 Å². The molecule has 0 saturated heterocycles. The number of hydrogen-bond donors (Lipinski definition) is 1. The molecule has 1 aliphatic heterocycles. The van der Waals surface area contributed by atoms with Crippen LogP contribution in [0.2, 0.25) is 0 Å². The van der Waals surface area contributed by atoms with E-state index in [1.54, 1.807) is 18.7 Å². The van der Waals surface area contributed by atoms with E-state index in [2.05, 4.69) is 5.32 Å². The van der Waals surface area contributed by atoms with Crippen molar-refractivity contribution in [3.05, 3.63) is 22.5 Å². The maximum atomic E-state index is 13.0. The summed E-state index contributed by atoms with van der Waals surface area (Å²) in [6.07, 6.45) is 5.18. The molecule has 1 fully saturated rings. The molecule has 0 radical (unpaired) electrons. The van der Waals surface area contributed by atoms with Crippen molar-refractivity contribution in [1.82, 2.24) is 10.2 Å². The molecule has 0 bridgehead atoms. The molecule has 0 aromatic carbocycles. The number of likely N-dealkylation sites (N-methyl/N-ethyl adjacent to an activating group) is 1. The first-order valence-electron chi connectivity index (χ1n) is 10.6. The summed E-state index contributed by atoms with van der Waals surface area (Å²) in [5.41, 5.74) is 0.626. The molecule has 0 unspecified atom stereocenters. The number of hydrogen-bond acceptors (Lipinski definition) is 8. The minimum absolute atomic E-state index is 0.0504. The quantitative estimate of drug-likeness (QED) is 0.475. The minimum atomic E-state index is -1.35. The second kappa shape index (κ2) is 11.0. The summed E-state index contributed by atoms with van der Waals surface area (Å²) in [6.45, 7) is 5.14. The number of amides is 1. The smallest absolute Gasteiger partial charge is 0.336 e. The van der Waals surface area contributed by atoms with Crippen molar-refractivity contribution < 1.29 is 33.4 Å². The molecule has 9 nitrogen and oxygen atoms in total. The predicted octanol–water partition coefficient (Wildman–Crippen LogP) is 1.82. The van der Waals surface area contributed by atoms with Crippen LogP contribution in [0.5, 0.6) is 0 Å². The lowest BCUT2D eigenvalue weighted by Crippen LogP contribution is -2.44. The average molecular weight is 437 g/mol. The van der Waals surface area contributed by atoms with Crippen LogP contribution >= 0.6 is 0 Å². The largest absolute Gasteiger partial charge is 0.466 e. The van der Waals surface area contributed by atoms with Gasteiger partial charge in [-0.3, -0.25) is 9.59 Å². The van der Waals surface area contributed by atoms with Crippen LogP contribution < -0.4 is 5.32 Å². The molecular weight excluding hydrogens is 404 g/mol. The van der Waals surface area contributed by atoms with E-state index < -0.39 is 30.4 Å². The van der Waals surface area contributed by atoms with Crippen molar-refractivity contribution in [2.24, 2.45) is 5.92 Å². The average Bonchev–Trinajstić information content (AvgIpc) is 2.77. The van der Waals surface area contributed by atoms with Gasteiger partial charge in [-0.1, -0.05) is 19.3 Å². The number of ether oxygens (including phenoxy) is 3. The van der Waals surface area contributed by atoms with E-state index >= 15 is 0 Å². The molecule has 0 aromatic heterocycles. The third-order valence-corrected chi connectivity index (χ3v) is 5.82. The zero-order valence-electron chi connectivity index (χ0n) is 18.9. The van der Waals surface area contributed by atoms with Crippen molar-refractivity contribution in [2.45, 2.75) is 58.9 Å². The number of carbonyl (C=O) groups excluding carboxylic acids is 4. The zero-order valence-corrected chi connectivity index (χ0v) is 18.9. The van der Waals surface area contributed by atoms with Crippen LogP contribution in [0.1, 0.15) is 52.9 Å². The van der Waals surface area contributed by atoms with E-state index in [0.717, 1.165) is 32.1 Å². The van der Waals surface area contributed by atoms with Crippen LogP contribution in [0, 0.1) is 5.92 Å². The van der Waals surface area contributed by atoms with Gasteiger partial charge < -0.3 is 24.4 Å². The summed E-state index contributed by atoms with van der Waals surface area (Å²) in [5, 5.41) is 2.90. The van der Waals surface area contributed by atoms with Gasteiger partial charge in [0.05, 0.1) is 25.4 Å². The van der Waals surface area contributed by atoms with E-state index in [1.165, 1.54) is 14.2 Å². The standard InChI is InChI=1S/C22H32N2O7/c1-6-24(15-10-8-7-9-11-15)16(25)12-31-22(28)19-17(20(26)29-4)13(2)23-14(3)18(19)21(27)30-5/h15,19,23H,6-12H2,1-5H3. The number of methoxy groups -OCH3 is 2. The van der Waals surface area contributed by atoms with Crippen LogP contribution in [0.25, 0.3) is 0 Å². The Hall–Kier alpha value is -2.84. The van der Waals surface area contributed by atoms with Crippen molar-refractivity contribution >= 4 is 23.8 Å². The fraction of sp³-hybridized carbons (Fsp3) is 0.636. The lowest BCUT2D eigenvalue weighted by molar-refractivity contribution is -0.156. The first kappa shape index (κ1) is 24.4. The minimum Gasteiger partial charge on any atom is -0.466 e. The maximum absolute atomic E-state index is 13.0. The van der Waals surface area contributed by atoms with E-state index in [4.69, 9.17) is 14.2 Å². The van der Waals surface area contributed by atoms with Crippen molar-refractivity contribution in [1.29, 1.82) is 0 Å². The summed E-state index contributed by atoms with van der Waals surface area (Å²) < 4.78 is 14.9. The summed E-state index contributed by atoms with van der Waals surface area (Å²) >= 11 is 0. The Bertz CT molecular complexity index is 756. The van der Waals surface area contributed by atoms with Crippen molar-refractivity contribution in [3.63, 3.8) is 0 Å². The number of nitrogens with one attached hydrogen (secondary N) is 1. The normalized spacial score (nSPS) is 17.7. The third kappa shape index (κ3) is 5.45. The first-order chi connectivity index (χ1) is 14.8. The van der Waals surface area contributed by atoms with Crippen LogP contribution in [-0.2, 0) is 33.4 Å². The molecule has 1 amide bonds. The van der Waals surface area contributed by atoms with Crippen LogP contribution in [0.3, 0.4) is 0 Å². The Morgan fingerprint density at radius 3 is 1.90 bits per heavy atom. The van der Waals surface area contributed by atoms with Crippen LogP contribution in [-0.4, -0.2) is 62.1 Å². The first-order valence-corrected chi connectivity index (χ1v) is 10.6. The lowest BCUT2D eigenvalue weighted by Gasteiger charge is -2.33. The van der Waals surface area contributed by atoms with Gasteiger partial charge in [0.2, 0.25) is 0 Å². The highest BCUT2D eigenvalue weighted by molar-refractivity contribution is 6.05. The van der Waals surface area contributed by atoms with Gasteiger partial charge in [-0.2, -0.15) is 0 Å². The third-order valence-electron chi connectivity index (χ3n) is 5.82. The molecular formula is C22H32N2O7. The monoisotopic (exact) mass is 436 g/mol. The second-order valence-corrected chi connectivity index (χ2v) is 7.70. The number of carbonyl (C=O) groups is 4. The highest BCUT2D eigenvalue weighted by Crippen LogP contribution is 2.32. The number of rotatable bonds is 7. The summed E-state index contributed by atoms with van der Waals surface area (Å²) in [6, 6.07) is 0.143. The molecule has 1 aliphatic carbocycles. The zero-order chi connectivity index (χ0) is 23.1. The summed E-state index contributed by atoms with van der Waals surface area (Å²) in [7, 11) is 2.36. The van der Waals surface area contributed by atoms with E-state index in [-0.39, 0.29) is 23.1 Å². The molecule has 0 aromatic rings. The molecule has 1 N–H and O–H groups in total. The Balaban J connectivity index is 2.23. The molecule has 2 aliphatic rings. The van der Waals surface area contributed by atoms with E-state index in [1.807, 2.05) is 6.92 Å². The van der Waals surface area contributed by atoms with Crippen LogP contribution in [0.15, 0.2) is 22.5 Å². The Labute approximate surface area is 182 Å². The highest BCUT2D eigenvalue weighted by atomic mass is 16.5. The molecule has 9 heteroatoms. The second-order valence-electron chi connectivity index (χ2n) is 7.70. The van der Waals surface area contributed by atoms with Gasteiger partial charge in [0.15, 0.2) is 6.61 Å². The summed E-state index contributed by atoms with van der Waals surface area (Å²) in [4.78, 5) is 52.3. The van der Waals surface area contributed by atoms with Crippen molar-refractivity contribution in [3.8, 4) is 0 Å². The number of dihydropyridines is 1. The maximum Gasteiger partial charge on any atom is 0.336 e. The SMILES string of the molecule is CCN(C(=O)COC(=O)C1C(C(=O)OC)=C(C)NC(C)=C1C(=O)OC)C1CCCCC1. The van der Waals surface area contributed by atoms with Gasteiger partial charge in [-0.15, -0.1) is 0 Å². The molecule has 0 atom stereocenters.